The van der Waals surface area contributed by atoms with Crippen molar-refractivity contribution in [3.63, 3.8) is 0 Å². The zero-order chi connectivity index (χ0) is 25.4. The molecule has 3 rings (SSSR count). The van der Waals surface area contributed by atoms with Gasteiger partial charge in [0.05, 0.1) is 34.1 Å². The molecule has 0 radical (unpaired) electrons. The summed E-state index contributed by atoms with van der Waals surface area (Å²) in [6.07, 6.45) is 6.30. The molecule has 0 heterocycles. The van der Waals surface area contributed by atoms with Crippen LogP contribution >= 0.6 is 11.6 Å². The highest BCUT2D eigenvalue weighted by atomic mass is 35.5. The monoisotopic (exact) mass is 497 g/mol. The van der Waals surface area contributed by atoms with Crippen molar-refractivity contribution in [3.8, 4) is 23.0 Å². The van der Waals surface area contributed by atoms with Crippen molar-refractivity contribution in [2.75, 3.05) is 33.8 Å². The summed E-state index contributed by atoms with van der Waals surface area (Å²) in [7, 11) is 5.97. The Labute approximate surface area is 208 Å². The van der Waals surface area contributed by atoms with Gasteiger partial charge in [-0.3, -0.25) is 4.79 Å². The number of allylic oxidation sites excluding steroid dienone is 1. The van der Waals surface area contributed by atoms with Gasteiger partial charge < -0.3 is 24.3 Å². The van der Waals surface area contributed by atoms with E-state index in [1.807, 2.05) is 0 Å². The third kappa shape index (κ3) is 6.33. The van der Waals surface area contributed by atoms with Crippen LogP contribution in [0.5, 0.6) is 23.0 Å². The molecule has 3 aromatic rings. The molecule has 0 fully saturated rings. The molecule has 182 valence electrons. The van der Waals surface area contributed by atoms with Crippen molar-refractivity contribution in [3.05, 3.63) is 88.3 Å². The quantitative estimate of drug-likeness (QED) is 0.196. The number of rotatable bonds is 10. The topological polar surface area (TPSA) is 66.0 Å². The molecular weight excluding hydrogens is 473 g/mol. The van der Waals surface area contributed by atoms with Crippen LogP contribution in [0, 0.1) is 5.82 Å². The lowest BCUT2D eigenvalue weighted by Gasteiger charge is -2.13. The van der Waals surface area contributed by atoms with Crippen molar-refractivity contribution in [2.24, 2.45) is 0 Å². The van der Waals surface area contributed by atoms with Crippen LogP contribution in [0.2, 0.25) is 5.02 Å². The summed E-state index contributed by atoms with van der Waals surface area (Å²) in [4.78, 5) is 12.3. The van der Waals surface area contributed by atoms with Gasteiger partial charge in [0, 0.05) is 22.9 Å². The summed E-state index contributed by atoms with van der Waals surface area (Å²) in [5, 5.41) is 3.47. The van der Waals surface area contributed by atoms with Crippen LogP contribution in [0.3, 0.4) is 0 Å². The number of carbonyl (C=O) groups is 1. The van der Waals surface area contributed by atoms with Crippen LogP contribution in [0.4, 0.5) is 10.1 Å². The van der Waals surface area contributed by atoms with E-state index >= 15 is 0 Å². The molecule has 35 heavy (non-hydrogen) atoms. The standard InChI is InChI=1S/C27H25ClFNO5/c1-32-24-15-18(16-25(33-2)27(24)35-4)6-5-17-13-21(29)26(34-3)22(14-17)30-12-11-23(31)19-7-9-20(28)10-8-19/h5-16,30H,1-4H3/b6-5-,12-11-. The van der Waals surface area contributed by atoms with Gasteiger partial charge in [0.1, 0.15) is 0 Å². The van der Waals surface area contributed by atoms with Crippen LogP contribution in [-0.4, -0.2) is 34.2 Å². The highest BCUT2D eigenvalue weighted by Gasteiger charge is 2.13. The van der Waals surface area contributed by atoms with E-state index in [4.69, 9.17) is 30.5 Å². The van der Waals surface area contributed by atoms with E-state index in [0.717, 1.165) is 5.56 Å². The summed E-state index contributed by atoms with van der Waals surface area (Å²) in [5.41, 5.74) is 2.17. The Morgan fingerprint density at radius 3 is 1.94 bits per heavy atom. The van der Waals surface area contributed by atoms with Crippen LogP contribution in [-0.2, 0) is 0 Å². The predicted molar refractivity (Wildman–Crippen MR) is 137 cm³/mol. The van der Waals surface area contributed by atoms with E-state index in [-0.39, 0.29) is 11.5 Å². The second-order valence-electron chi connectivity index (χ2n) is 7.22. The Morgan fingerprint density at radius 2 is 1.40 bits per heavy atom. The lowest BCUT2D eigenvalue weighted by molar-refractivity contribution is 0.104. The van der Waals surface area contributed by atoms with E-state index in [2.05, 4.69) is 5.32 Å². The second-order valence-corrected chi connectivity index (χ2v) is 7.66. The zero-order valence-electron chi connectivity index (χ0n) is 19.7. The average molecular weight is 498 g/mol. The molecule has 0 spiro atoms. The minimum atomic E-state index is -0.556. The van der Waals surface area contributed by atoms with Crippen LogP contribution < -0.4 is 24.3 Å². The first-order valence-corrected chi connectivity index (χ1v) is 10.9. The van der Waals surface area contributed by atoms with Crippen LogP contribution in [0.1, 0.15) is 21.5 Å². The Balaban J connectivity index is 1.85. The van der Waals surface area contributed by atoms with Gasteiger partial charge in [-0.1, -0.05) is 23.8 Å². The third-order valence-corrected chi connectivity index (χ3v) is 5.28. The Bertz CT molecular complexity index is 1230. The molecule has 3 aromatic carbocycles. The highest BCUT2D eigenvalue weighted by Crippen LogP contribution is 2.39. The molecule has 0 atom stereocenters. The second kappa shape index (κ2) is 11.9. The van der Waals surface area contributed by atoms with Crippen LogP contribution in [0.15, 0.2) is 60.8 Å². The van der Waals surface area contributed by atoms with E-state index < -0.39 is 5.82 Å². The molecule has 0 saturated carbocycles. The van der Waals surface area contributed by atoms with Crippen molar-refractivity contribution >= 4 is 35.2 Å². The smallest absolute Gasteiger partial charge is 0.203 e. The Kier molecular flexibility index (Phi) is 8.75. The number of ketones is 1. The molecule has 0 amide bonds. The van der Waals surface area contributed by atoms with Crippen molar-refractivity contribution in [2.45, 2.75) is 0 Å². The number of anilines is 1. The van der Waals surface area contributed by atoms with Gasteiger partial charge in [0.15, 0.2) is 28.8 Å². The molecule has 0 aromatic heterocycles. The molecule has 0 aliphatic carbocycles. The van der Waals surface area contributed by atoms with Crippen molar-refractivity contribution in [1.82, 2.24) is 0 Å². The first-order valence-electron chi connectivity index (χ1n) is 10.5. The van der Waals surface area contributed by atoms with Gasteiger partial charge >= 0.3 is 0 Å². The van der Waals surface area contributed by atoms with Crippen molar-refractivity contribution in [1.29, 1.82) is 0 Å². The first kappa shape index (κ1) is 25.6. The maximum atomic E-state index is 14.7. The first-order chi connectivity index (χ1) is 16.9. The SMILES string of the molecule is COc1cc(/C=C\c2cc(F)c(OC)c(N/C=C\C(=O)c3ccc(Cl)cc3)c2)cc(OC)c1OC. The number of ether oxygens (including phenoxy) is 4. The number of hydrogen-bond donors (Lipinski definition) is 1. The van der Waals surface area contributed by atoms with Gasteiger partial charge in [-0.05, 0) is 59.7 Å². The van der Waals surface area contributed by atoms with Gasteiger partial charge in [-0.15, -0.1) is 0 Å². The van der Waals surface area contributed by atoms with Gasteiger partial charge in [0.25, 0.3) is 0 Å². The summed E-state index contributed by atoms with van der Waals surface area (Å²) in [5.74, 6) is 0.731. The minimum Gasteiger partial charge on any atom is -0.493 e. The third-order valence-electron chi connectivity index (χ3n) is 5.03. The molecule has 1 N–H and O–H groups in total. The number of hydrogen-bond acceptors (Lipinski definition) is 6. The number of nitrogens with one attached hydrogen (secondary N) is 1. The number of carbonyl (C=O) groups excluding carboxylic acids is 1. The fourth-order valence-corrected chi connectivity index (χ4v) is 3.46. The largest absolute Gasteiger partial charge is 0.493 e. The molecule has 0 unspecified atom stereocenters. The fourth-order valence-electron chi connectivity index (χ4n) is 3.33. The number of halogens is 2. The molecule has 0 aliphatic rings. The normalized spacial score (nSPS) is 11.0. The van der Waals surface area contributed by atoms with E-state index in [1.165, 1.54) is 46.8 Å². The molecule has 0 saturated heterocycles. The van der Waals surface area contributed by atoms with Gasteiger partial charge in [-0.25, -0.2) is 4.39 Å². The minimum absolute atomic E-state index is 0.0264. The van der Waals surface area contributed by atoms with Crippen LogP contribution in [0.25, 0.3) is 12.2 Å². The molecular formula is C27H25ClFNO5. The highest BCUT2D eigenvalue weighted by molar-refractivity contribution is 6.30. The van der Waals surface area contributed by atoms with E-state index in [9.17, 15) is 9.18 Å². The molecule has 6 nitrogen and oxygen atoms in total. The van der Waals surface area contributed by atoms with E-state index in [0.29, 0.717) is 39.1 Å². The summed E-state index contributed by atoms with van der Waals surface area (Å²) >= 11 is 5.86. The summed E-state index contributed by atoms with van der Waals surface area (Å²) in [6, 6.07) is 13.1. The lowest BCUT2D eigenvalue weighted by atomic mass is 10.1. The zero-order valence-corrected chi connectivity index (χ0v) is 20.5. The van der Waals surface area contributed by atoms with Gasteiger partial charge in [0.2, 0.25) is 5.75 Å². The van der Waals surface area contributed by atoms with Crippen molar-refractivity contribution < 1.29 is 28.1 Å². The number of methoxy groups -OCH3 is 4. The molecule has 0 aliphatic heterocycles. The molecule has 8 heteroatoms. The Morgan fingerprint density at radius 1 is 0.829 bits per heavy atom. The summed E-state index contributed by atoms with van der Waals surface area (Å²) < 4.78 is 36.0. The molecule has 0 bridgehead atoms. The van der Waals surface area contributed by atoms with Gasteiger partial charge in [-0.2, -0.15) is 0 Å². The van der Waals surface area contributed by atoms with E-state index in [1.54, 1.807) is 54.6 Å². The fraction of sp³-hybridized carbons (Fsp3) is 0.148. The summed E-state index contributed by atoms with van der Waals surface area (Å²) in [6.45, 7) is 0. The average Bonchev–Trinajstić information content (AvgIpc) is 2.86. The lowest BCUT2D eigenvalue weighted by Crippen LogP contribution is -1.99. The maximum Gasteiger partial charge on any atom is 0.203 e. The predicted octanol–water partition coefficient (Wildman–Crippen LogP) is 6.49. The Hall–Kier alpha value is -3.97. The maximum absolute atomic E-state index is 14.7. The number of benzene rings is 3.